The summed E-state index contributed by atoms with van der Waals surface area (Å²) in [5, 5.41) is 2.15. The van der Waals surface area contributed by atoms with E-state index in [0.29, 0.717) is 6.04 Å². The number of aryl methyl sites for hydroxylation is 1. The van der Waals surface area contributed by atoms with Gasteiger partial charge in [-0.15, -0.1) is 11.3 Å². The van der Waals surface area contributed by atoms with Gasteiger partial charge in [0.05, 0.1) is 0 Å². The molecule has 1 unspecified atom stereocenters. The fourth-order valence-electron chi connectivity index (χ4n) is 2.77. The van der Waals surface area contributed by atoms with Crippen molar-refractivity contribution in [3.05, 3.63) is 56.2 Å². The molecule has 1 aliphatic carbocycles. The van der Waals surface area contributed by atoms with Gasteiger partial charge < -0.3 is 0 Å². The molecule has 1 atom stereocenters. The van der Waals surface area contributed by atoms with Crippen LogP contribution in [0.4, 0.5) is 0 Å². The van der Waals surface area contributed by atoms with Gasteiger partial charge in [0, 0.05) is 21.9 Å². The normalized spacial score (nSPS) is 18.3. The van der Waals surface area contributed by atoms with Crippen molar-refractivity contribution in [2.45, 2.75) is 25.4 Å². The van der Waals surface area contributed by atoms with Crippen LogP contribution in [0.5, 0.6) is 0 Å². The summed E-state index contributed by atoms with van der Waals surface area (Å²) in [6.45, 7) is 1.03. The van der Waals surface area contributed by atoms with Crippen LogP contribution < -0.4 is 0 Å². The van der Waals surface area contributed by atoms with Crippen LogP contribution in [0.3, 0.4) is 0 Å². The van der Waals surface area contributed by atoms with Crippen LogP contribution in [0.15, 0.2) is 40.2 Å². The Morgan fingerprint density at radius 1 is 1.33 bits per heavy atom. The van der Waals surface area contributed by atoms with Crippen molar-refractivity contribution < 1.29 is 0 Å². The molecule has 3 rings (SSSR count). The minimum Gasteiger partial charge on any atom is -0.294 e. The molecule has 0 spiro atoms. The number of rotatable bonds is 3. The van der Waals surface area contributed by atoms with E-state index in [4.69, 9.17) is 0 Å². The average Bonchev–Trinajstić information content (AvgIpc) is 2.96. The summed E-state index contributed by atoms with van der Waals surface area (Å²) in [6, 6.07) is 11.6. The molecule has 0 radical (unpaired) electrons. The fraction of sp³-hybridized carbons (Fsp3) is 0.333. The number of benzene rings is 1. The maximum absolute atomic E-state index is 3.62. The van der Waals surface area contributed by atoms with Gasteiger partial charge in [-0.05, 0) is 58.4 Å². The zero-order valence-corrected chi connectivity index (χ0v) is 12.8. The molecule has 3 heteroatoms. The highest BCUT2D eigenvalue weighted by molar-refractivity contribution is 9.10. The summed E-state index contributed by atoms with van der Waals surface area (Å²) in [7, 11) is 2.24. The smallest absolute Gasteiger partial charge is 0.0354 e. The van der Waals surface area contributed by atoms with Gasteiger partial charge in [-0.25, -0.2) is 0 Å². The Balaban J connectivity index is 1.79. The second kappa shape index (κ2) is 5.16. The second-order valence-electron chi connectivity index (χ2n) is 4.86. The van der Waals surface area contributed by atoms with E-state index in [2.05, 4.69) is 63.6 Å². The fourth-order valence-corrected chi connectivity index (χ4v) is 4.31. The predicted octanol–water partition coefficient (Wildman–Crippen LogP) is 4.63. The summed E-state index contributed by atoms with van der Waals surface area (Å²) >= 11 is 5.45. The van der Waals surface area contributed by atoms with Crippen LogP contribution in [0.1, 0.15) is 28.5 Å². The first-order valence-corrected chi connectivity index (χ1v) is 7.93. The maximum atomic E-state index is 3.62. The quantitative estimate of drug-likeness (QED) is 0.796. The average molecular weight is 322 g/mol. The van der Waals surface area contributed by atoms with E-state index in [1.54, 1.807) is 0 Å². The van der Waals surface area contributed by atoms with Crippen LogP contribution in [0, 0.1) is 0 Å². The highest BCUT2D eigenvalue weighted by Crippen LogP contribution is 2.36. The third kappa shape index (κ3) is 2.27. The zero-order chi connectivity index (χ0) is 12.5. The van der Waals surface area contributed by atoms with Crippen molar-refractivity contribution in [1.82, 2.24) is 4.90 Å². The summed E-state index contributed by atoms with van der Waals surface area (Å²) in [5.41, 5.74) is 3.05. The topological polar surface area (TPSA) is 3.24 Å². The van der Waals surface area contributed by atoms with E-state index >= 15 is 0 Å². The third-order valence-electron chi connectivity index (χ3n) is 3.72. The Morgan fingerprint density at radius 2 is 2.17 bits per heavy atom. The first kappa shape index (κ1) is 12.4. The lowest BCUT2D eigenvalue weighted by Gasteiger charge is -2.24. The van der Waals surface area contributed by atoms with Crippen molar-refractivity contribution >= 4 is 27.3 Å². The van der Waals surface area contributed by atoms with E-state index in [9.17, 15) is 0 Å². The van der Waals surface area contributed by atoms with Crippen LogP contribution >= 0.6 is 27.3 Å². The number of nitrogens with zero attached hydrogens (tertiary/aromatic N) is 1. The molecule has 0 N–H and O–H groups in total. The number of hydrogen-bond donors (Lipinski definition) is 0. The Bertz CT molecular complexity index is 549. The number of thiophene rings is 1. The molecule has 94 valence electrons. The van der Waals surface area contributed by atoms with Crippen molar-refractivity contribution in [3.63, 3.8) is 0 Å². The Kier molecular flexibility index (Phi) is 3.55. The molecular weight excluding hydrogens is 306 g/mol. The SMILES string of the molecule is CN(Cc1sccc1Br)C1CCc2ccccc21. The van der Waals surface area contributed by atoms with Crippen molar-refractivity contribution in [2.24, 2.45) is 0 Å². The lowest BCUT2D eigenvalue weighted by Crippen LogP contribution is -2.22. The van der Waals surface area contributed by atoms with Gasteiger partial charge in [0.2, 0.25) is 0 Å². The lowest BCUT2D eigenvalue weighted by molar-refractivity contribution is 0.237. The van der Waals surface area contributed by atoms with Crippen LogP contribution in [-0.4, -0.2) is 11.9 Å². The van der Waals surface area contributed by atoms with E-state index in [0.717, 1.165) is 6.54 Å². The Labute approximate surface area is 121 Å². The molecule has 1 nitrogen and oxygen atoms in total. The van der Waals surface area contributed by atoms with Gasteiger partial charge in [0.1, 0.15) is 0 Å². The molecule has 1 aromatic heterocycles. The third-order valence-corrected chi connectivity index (χ3v) is 5.63. The van der Waals surface area contributed by atoms with E-state index < -0.39 is 0 Å². The molecular formula is C15H16BrNS. The molecule has 0 saturated heterocycles. The van der Waals surface area contributed by atoms with Crippen LogP contribution in [0.2, 0.25) is 0 Å². The van der Waals surface area contributed by atoms with Crippen LogP contribution in [-0.2, 0) is 13.0 Å². The van der Waals surface area contributed by atoms with Gasteiger partial charge in [0.15, 0.2) is 0 Å². The molecule has 0 aliphatic heterocycles. The minimum absolute atomic E-state index is 0.579. The van der Waals surface area contributed by atoms with Gasteiger partial charge in [-0.2, -0.15) is 0 Å². The number of halogens is 1. The van der Waals surface area contributed by atoms with Gasteiger partial charge in [-0.1, -0.05) is 24.3 Å². The predicted molar refractivity (Wildman–Crippen MR) is 81.0 cm³/mol. The molecule has 1 aromatic carbocycles. The molecule has 2 aromatic rings. The summed E-state index contributed by atoms with van der Waals surface area (Å²) in [4.78, 5) is 3.89. The summed E-state index contributed by atoms with van der Waals surface area (Å²) < 4.78 is 1.24. The van der Waals surface area contributed by atoms with Gasteiger partial charge in [-0.3, -0.25) is 4.90 Å². The standard InChI is InChI=1S/C15H16BrNS/c1-17(10-15-13(16)8-9-18-15)14-7-6-11-4-2-3-5-12(11)14/h2-5,8-9,14H,6-7,10H2,1H3. The first-order valence-electron chi connectivity index (χ1n) is 6.25. The molecule has 1 heterocycles. The van der Waals surface area contributed by atoms with E-state index in [1.165, 1.54) is 33.3 Å². The largest absolute Gasteiger partial charge is 0.294 e. The molecule has 0 bridgehead atoms. The van der Waals surface area contributed by atoms with Crippen molar-refractivity contribution in [3.8, 4) is 0 Å². The van der Waals surface area contributed by atoms with Gasteiger partial charge in [0.25, 0.3) is 0 Å². The number of fused-ring (bicyclic) bond motifs is 1. The van der Waals surface area contributed by atoms with Crippen molar-refractivity contribution in [1.29, 1.82) is 0 Å². The highest BCUT2D eigenvalue weighted by atomic mass is 79.9. The molecule has 18 heavy (non-hydrogen) atoms. The number of hydrogen-bond acceptors (Lipinski definition) is 2. The first-order chi connectivity index (χ1) is 8.75. The van der Waals surface area contributed by atoms with Crippen LogP contribution in [0.25, 0.3) is 0 Å². The van der Waals surface area contributed by atoms with Gasteiger partial charge >= 0.3 is 0 Å². The molecule has 1 aliphatic rings. The molecule has 0 saturated carbocycles. The highest BCUT2D eigenvalue weighted by Gasteiger charge is 2.25. The molecule has 0 amide bonds. The Morgan fingerprint density at radius 3 is 2.94 bits per heavy atom. The summed E-state index contributed by atoms with van der Waals surface area (Å²) in [5.74, 6) is 0. The Hall–Kier alpha value is -0.640. The second-order valence-corrected chi connectivity index (χ2v) is 6.72. The summed E-state index contributed by atoms with van der Waals surface area (Å²) in [6.07, 6.45) is 2.47. The monoisotopic (exact) mass is 321 g/mol. The zero-order valence-electron chi connectivity index (χ0n) is 10.4. The van der Waals surface area contributed by atoms with Crippen molar-refractivity contribution in [2.75, 3.05) is 7.05 Å². The van der Waals surface area contributed by atoms with E-state index in [1.807, 2.05) is 11.3 Å². The maximum Gasteiger partial charge on any atom is 0.0354 e. The minimum atomic E-state index is 0.579. The van der Waals surface area contributed by atoms with E-state index in [-0.39, 0.29) is 0 Å². The lowest BCUT2D eigenvalue weighted by atomic mass is 10.1. The molecule has 0 fully saturated rings.